The maximum Gasteiger partial charge on any atom is 0.345 e. The Morgan fingerprint density at radius 2 is 1.82 bits per heavy atom. The summed E-state index contributed by atoms with van der Waals surface area (Å²) in [6.45, 7) is 0. The van der Waals surface area contributed by atoms with Crippen LogP contribution >= 0.6 is 11.3 Å². The maximum absolute atomic E-state index is 12.1. The van der Waals surface area contributed by atoms with Gasteiger partial charge in [-0.25, -0.2) is 4.79 Å². The van der Waals surface area contributed by atoms with Crippen LogP contribution in [0, 0.1) is 0 Å². The van der Waals surface area contributed by atoms with E-state index >= 15 is 0 Å². The van der Waals surface area contributed by atoms with E-state index in [1.165, 1.54) is 32.4 Å². The van der Waals surface area contributed by atoms with Gasteiger partial charge in [-0.15, -0.1) is 11.3 Å². The van der Waals surface area contributed by atoms with Gasteiger partial charge < -0.3 is 14.6 Å². The number of carboxylic acid groups (broad SMARTS) is 1. The average molecular weight is 318 g/mol. The minimum atomic E-state index is -1.04. The fourth-order valence-corrected chi connectivity index (χ4v) is 2.64. The number of methoxy groups -OCH3 is 2. The lowest BCUT2D eigenvalue weighted by Gasteiger charge is -2.09. The summed E-state index contributed by atoms with van der Waals surface area (Å²) in [5, 5.41) is 8.86. The summed E-state index contributed by atoms with van der Waals surface area (Å²) in [5.74, 6) is -0.197. The molecule has 0 radical (unpaired) electrons. The van der Waals surface area contributed by atoms with Crippen molar-refractivity contribution in [2.24, 2.45) is 0 Å². The number of allylic oxidation sites excluding steroid dienone is 1. The van der Waals surface area contributed by atoms with E-state index in [9.17, 15) is 9.59 Å². The molecule has 0 saturated heterocycles. The number of rotatable bonds is 6. The van der Waals surface area contributed by atoms with Crippen LogP contribution < -0.4 is 9.47 Å². The molecule has 0 atom stereocenters. The lowest BCUT2D eigenvalue weighted by Crippen LogP contribution is -1.94. The number of thiophene rings is 1. The van der Waals surface area contributed by atoms with Crippen LogP contribution in [0.4, 0.5) is 0 Å². The van der Waals surface area contributed by atoms with Gasteiger partial charge >= 0.3 is 5.97 Å². The van der Waals surface area contributed by atoms with Gasteiger partial charge in [0.1, 0.15) is 4.88 Å². The molecule has 1 heterocycles. The molecule has 0 amide bonds. The summed E-state index contributed by atoms with van der Waals surface area (Å²) >= 11 is 0.946. The van der Waals surface area contributed by atoms with Crippen LogP contribution in [0.2, 0.25) is 0 Å². The van der Waals surface area contributed by atoms with Crippen LogP contribution in [0.15, 0.2) is 36.4 Å². The highest BCUT2D eigenvalue weighted by Crippen LogP contribution is 2.31. The Bertz CT molecular complexity index is 730. The maximum atomic E-state index is 12.1. The van der Waals surface area contributed by atoms with Crippen molar-refractivity contribution in [3.8, 4) is 11.5 Å². The molecule has 0 saturated carbocycles. The molecule has 6 heteroatoms. The van der Waals surface area contributed by atoms with Crippen LogP contribution in [0.1, 0.15) is 24.9 Å². The Kier molecular flexibility index (Phi) is 4.95. The molecule has 2 rings (SSSR count). The van der Waals surface area contributed by atoms with Crippen LogP contribution in [-0.4, -0.2) is 31.1 Å². The molecule has 0 spiro atoms. The molecule has 0 aliphatic heterocycles. The highest BCUT2D eigenvalue weighted by Gasteiger charge is 2.12. The van der Waals surface area contributed by atoms with Crippen LogP contribution in [0.25, 0.3) is 6.08 Å². The number of hydrogen-bond acceptors (Lipinski definition) is 5. The van der Waals surface area contributed by atoms with E-state index in [2.05, 4.69) is 0 Å². The predicted molar refractivity (Wildman–Crippen MR) is 84.2 cm³/mol. The monoisotopic (exact) mass is 318 g/mol. The van der Waals surface area contributed by atoms with Gasteiger partial charge in [0.05, 0.1) is 19.1 Å². The normalized spacial score (nSPS) is 10.6. The number of carbonyl (C=O) groups is 2. The number of hydrogen-bond donors (Lipinski definition) is 1. The first-order chi connectivity index (χ1) is 10.6. The van der Waals surface area contributed by atoms with Gasteiger partial charge in [0.2, 0.25) is 0 Å². The molecule has 2 aromatic rings. The second-order valence-electron chi connectivity index (χ2n) is 4.25. The van der Waals surface area contributed by atoms with E-state index in [4.69, 9.17) is 14.6 Å². The standard InChI is InChI=1S/C16H14O5S/c1-20-12-5-3-4-10(15(12)21-2)6-7-11(17)13-8-9-14(22-13)16(18)19/h3-9H,1-2H3,(H,18,19). The zero-order chi connectivity index (χ0) is 16.1. The molecule has 114 valence electrons. The van der Waals surface area contributed by atoms with Gasteiger partial charge in [-0.2, -0.15) is 0 Å². The van der Waals surface area contributed by atoms with Crippen molar-refractivity contribution >= 4 is 29.2 Å². The van der Waals surface area contributed by atoms with Crippen molar-refractivity contribution in [3.05, 3.63) is 51.7 Å². The molecule has 1 aromatic heterocycles. The number of benzene rings is 1. The van der Waals surface area contributed by atoms with Gasteiger partial charge in [0, 0.05) is 5.56 Å². The van der Waals surface area contributed by atoms with Crippen molar-refractivity contribution < 1.29 is 24.2 Å². The van der Waals surface area contributed by atoms with Gasteiger partial charge in [-0.1, -0.05) is 12.1 Å². The van der Waals surface area contributed by atoms with E-state index in [0.717, 1.165) is 11.3 Å². The molecule has 1 aromatic carbocycles. The summed E-state index contributed by atoms with van der Waals surface area (Å²) in [6.07, 6.45) is 3.00. The third-order valence-electron chi connectivity index (χ3n) is 2.91. The minimum Gasteiger partial charge on any atom is -0.493 e. The summed E-state index contributed by atoms with van der Waals surface area (Å²) < 4.78 is 10.5. The van der Waals surface area contributed by atoms with E-state index < -0.39 is 5.97 Å². The van der Waals surface area contributed by atoms with Gasteiger partial charge in [-0.3, -0.25) is 4.79 Å². The van der Waals surface area contributed by atoms with E-state index in [1.54, 1.807) is 24.3 Å². The predicted octanol–water partition coefficient (Wildman–Crippen LogP) is 3.36. The summed E-state index contributed by atoms with van der Waals surface area (Å²) in [4.78, 5) is 23.4. The number of para-hydroxylation sites is 1. The average Bonchev–Trinajstić information content (AvgIpc) is 3.02. The van der Waals surface area contributed by atoms with Crippen LogP contribution in [-0.2, 0) is 0 Å². The molecular formula is C16H14O5S. The first-order valence-corrected chi connectivity index (χ1v) is 7.15. The molecule has 0 bridgehead atoms. The Hall–Kier alpha value is -2.60. The quantitative estimate of drug-likeness (QED) is 0.653. The second-order valence-corrected chi connectivity index (χ2v) is 5.33. The zero-order valence-electron chi connectivity index (χ0n) is 12.0. The zero-order valence-corrected chi connectivity index (χ0v) is 12.8. The number of ketones is 1. The van der Waals surface area contributed by atoms with E-state index in [-0.39, 0.29) is 10.7 Å². The molecule has 22 heavy (non-hydrogen) atoms. The Morgan fingerprint density at radius 3 is 2.41 bits per heavy atom. The second kappa shape index (κ2) is 6.91. The lowest BCUT2D eigenvalue weighted by atomic mass is 10.1. The molecular weight excluding hydrogens is 304 g/mol. The number of carboxylic acids is 1. The summed E-state index contributed by atoms with van der Waals surface area (Å²) in [5.41, 5.74) is 0.699. The van der Waals surface area contributed by atoms with Crippen LogP contribution in [0.3, 0.4) is 0 Å². The molecule has 1 N–H and O–H groups in total. The fourth-order valence-electron chi connectivity index (χ4n) is 1.88. The first kappa shape index (κ1) is 15.8. The summed E-state index contributed by atoms with van der Waals surface area (Å²) in [6, 6.07) is 8.27. The SMILES string of the molecule is COc1cccc(C=CC(=O)c2ccc(C(=O)O)s2)c1OC. The van der Waals surface area contributed by atoms with Gasteiger partial charge in [0.15, 0.2) is 17.3 Å². The van der Waals surface area contributed by atoms with Crippen molar-refractivity contribution in [1.29, 1.82) is 0 Å². The summed E-state index contributed by atoms with van der Waals surface area (Å²) in [7, 11) is 3.06. The van der Waals surface area contributed by atoms with E-state index in [1.807, 2.05) is 0 Å². The topological polar surface area (TPSA) is 72.8 Å². The number of carbonyl (C=O) groups excluding carboxylic acids is 1. The molecule has 0 aliphatic carbocycles. The minimum absolute atomic E-state index is 0.135. The largest absolute Gasteiger partial charge is 0.493 e. The molecule has 0 aliphatic rings. The Labute approximate surface area is 131 Å². The van der Waals surface area contributed by atoms with Crippen molar-refractivity contribution in [2.75, 3.05) is 14.2 Å². The molecule has 0 fully saturated rings. The number of aromatic carboxylic acids is 1. The third-order valence-corrected chi connectivity index (χ3v) is 4.00. The van der Waals surface area contributed by atoms with Gasteiger partial charge in [0.25, 0.3) is 0 Å². The van der Waals surface area contributed by atoms with Crippen molar-refractivity contribution in [2.45, 2.75) is 0 Å². The Balaban J connectivity index is 2.24. The van der Waals surface area contributed by atoms with Crippen molar-refractivity contribution in [3.63, 3.8) is 0 Å². The third kappa shape index (κ3) is 3.35. The molecule has 5 nitrogen and oxygen atoms in total. The molecule has 0 unspecified atom stereocenters. The highest BCUT2D eigenvalue weighted by molar-refractivity contribution is 7.16. The van der Waals surface area contributed by atoms with Crippen molar-refractivity contribution in [1.82, 2.24) is 0 Å². The van der Waals surface area contributed by atoms with Gasteiger partial charge in [-0.05, 0) is 30.4 Å². The Morgan fingerprint density at radius 1 is 1.09 bits per heavy atom. The fraction of sp³-hybridized carbons (Fsp3) is 0.125. The van der Waals surface area contributed by atoms with Crippen LogP contribution in [0.5, 0.6) is 11.5 Å². The smallest absolute Gasteiger partial charge is 0.345 e. The number of ether oxygens (including phenoxy) is 2. The van der Waals surface area contributed by atoms with E-state index in [0.29, 0.717) is 21.9 Å². The highest BCUT2D eigenvalue weighted by atomic mass is 32.1. The lowest BCUT2D eigenvalue weighted by molar-refractivity contribution is 0.0702. The first-order valence-electron chi connectivity index (χ1n) is 6.33.